The Kier molecular flexibility index (Phi) is 8.08. The number of carboxylic acid groups (broad SMARTS) is 1. The molecule has 14 heteroatoms. The number of benzene rings is 1. The third kappa shape index (κ3) is 6.79. The number of carbonyl (C=O) groups excluding carboxylic acids is 1. The molecular formula is C20H26F2N4O7S. The number of aromatic nitrogens is 2. The fourth-order valence-corrected chi connectivity index (χ4v) is 4.49. The van der Waals surface area contributed by atoms with E-state index in [4.69, 9.17) is 19.4 Å². The highest BCUT2D eigenvalue weighted by Crippen LogP contribution is 2.38. The average Bonchev–Trinajstić information content (AvgIpc) is 3.08. The minimum atomic E-state index is -4.20. The molecule has 2 N–H and O–H groups in total. The Bertz CT molecular complexity index is 1160. The number of aliphatic carboxylic acids is 1. The zero-order valence-corrected chi connectivity index (χ0v) is 20.0. The second-order valence-corrected chi connectivity index (χ2v) is 9.92. The highest BCUT2D eigenvalue weighted by Gasteiger charge is 2.33. The minimum absolute atomic E-state index is 0.0372. The van der Waals surface area contributed by atoms with Crippen LogP contribution in [0.25, 0.3) is 0 Å². The van der Waals surface area contributed by atoms with Gasteiger partial charge in [0.05, 0.1) is 24.1 Å². The summed E-state index contributed by atoms with van der Waals surface area (Å²) in [5.74, 6) is -0.557. The lowest BCUT2D eigenvalue weighted by molar-refractivity contribution is -0.134. The molecule has 1 aliphatic heterocycles. The van der Waals surface area contributed by atoms with Crippen molar-refractivity contribution in [1.29, 1.82) is 0 Å². The van der Waals surface area contributed by atoms with E-state index in [0.717, 1.165) is 17.4 Å². The molecule has 1 aliphatic rings. The number of amides is 1. The maximum atomic E-state index is 13.2. The lowest BCUT2D eigenvalue weighted by Gasteiger charge is -2.30. The lowest BCUT2D eigenvalue weighted by atomic mass is 10.2. The fraction of sp³-hybridized carbons (Fsp3) is 0.450. The standard InChI is InChI=1S/C18H22F2N4O5S.C2H4O2/c1-11-15(10-23(22-11)16(19)20)30(26,27)24-7-8-28-14-6-5-12(9-13(14)24)21-17(25)29-18(2,3)4;1-2(3)4/h5-6,9-10,16H,7-8H2,1-4H3,(H,21,25);1H3,(H,3,4). The number of carboxylic acids is 1. The van der Waals surface area contributed by atoms with Crippen molar-refractivity contribution in [3.63, 3.8) is 0 Å². The first-order valence-corrected chi connectivity index (χ1v) is 11.4. The molecule has 0 unspecified atom stereocenters. The van der Waals surface area contributed by atoms with E-state index in [1.54, 1.807) is 26.8 Å². The molecule has 11 nitrogen and oxygen atoms in total. The number of halogens is 2. The van der Waals surface area contributed by atoms with Crippen molar-refractivity contribution in [3.8, 4) is 5.75 Å². The Morgan fingerprint density at radius 2 is 1.91 bits per heavy atom. The Labute approximate surface area is 195 Å². The van der Waals surface area contributed by atoms with E-state index in [2.05, 4.69) is 10.4 Å². The van der Waals surface area contributed by atoms with Crippen molar-refractivity contribution in [2.45, 2.75) is 51.7 Å². The summed E-state index contributed by atoms with van der Waals surface area (Å²) in [5.41, 5.74) is -0.307. The first-order chi connectivity index (χ1) is 15.6. The number of nitrogens with one attached hydrogen (secondary N) is 1. The minimum Gasteiger partial charge on any atom is -0.489 e. The SMILES string of the molecule is CC(=O)O.Cc1nn(C(F)F)cc1S(=O)(=O)N1CCOc2ccc(NC(=O)OC(C)(C)C)cc21. The number of sulfonamides is 1. The van der Waals surface area contributed by atoms with Gasteiger partial charge in [-0.05, 0) is 45.9 Å². The van der Waals surface area contributed by atoms with Gasteiger partial charge in [-0.1, -0.05) is 0 Å². The van der Waals surface area contributed by atoms with Crippen LogP contribution in [0.15, 0.2) is 29.3 Å². The van der Waals surface area contributed by atoms with Gasteiger partial charge in [0.1, 0.15) is 22.9 Å². The number of aryl methyl sites for hydroxylation is 1. The highest BCUT2D eigenvalue weighted by atomic mass is 32.2. The van der Waals surface area contributed by atoms with Crippen molar-refractivity contribution < 1.29 is 41.4 Å². The van der Waals surface area contributed by atoms with Crippen molar-refractivity contribution in [2.24, 2.45) is 0 Å². The number of rotatable bonds is 4. The largest absolute Gasteiger partial charge is 0.489 e. The number of anilines is 2. The van der Waals surface area contributed by atoms with Crippen LogP contribution in [-0.4, -0.2) is 54.1 Å². The number of alkyl halides is 2. The Balaban J connectivity index is 0.000000945. The zero-order chi connectivity index (χ0) is 25.8. The van der Waals surface area contributed by atoms with Crippen molar-refractivity contribution in [1.82, 2.24) is 9.78 Å². The van der Waals surface area contributed by atoms with E-state index in [-0.39, 0.29) is 40.9 Å². The summed E-state index contributed by atoms with van der Waals surface area (Å²) in [5, 5.41) is 13.5. The predicted molar refractivity (Wildman–Crippen MR) is 118 cm³/mol. The van der Waals surface area contributed by atoms with E-state index in [1.807, 2.05) is 0 Å². The quantitative estimate of drug-likeness (QED) is 0.644. The fourth-order valence-electron chi connectivity index (χ4n) is 2.88. The lowest BCUT2D eigenvalue weighted by Crippen LogP contribution is -2.38. The number of hydrogen-bond donors (Lipinski definition) is 2. The second kappa shape index (κ2) is 10.2. The van der Waals surface area contributed by atoms with Crippen LogP contribution in [-0.2, 0) is 19.6 Å². The molecule has 34 heavy (non-hydrogen) atoms. The molecule has 3 rings (SSSR count). The Morgan fingerprint density at radius 3 is 2.44 bits per heavy atom. The van der Waals surface area contributed by atoms with Crippen LogP contribution in [0.4, 0.5) is 25.0 Å². The second-order valence-electron chi connectivity index (χ2n) is 8.09. The van der Waals surface area contributed by atoms with Crippen LogP contribution in [0, 0.1) is 6.92 Å². The number of nitrogens with zero attached hydrogens (tertiary/aromatic N) is 3. The van der Waals surface area contributed by atoms with Crippen LogP contribution < -0.4 is 14.4 Å². The van der Waals surface area contributed by atoms with Crippen LogP contribution in [0.2, 0.25) is 0 Å². The van der Waals surface area contributed by atoms with Gasteiger partial charge in [-0.25, -0.2) is 17.9 Å². The number of hydrogen-bond acceptors (Lipinski definition) is 7. The molecule has 0 fully saturated rings. The molecule has 188 valence electrons. The topological polar surface area (TPSA) is 140 Å². The van der Waals surface area contributed by atoms with Gasteiger partial charge in [0, 0.05) is 12.6 Å². The molecule has 1 amide bonds. The Hall–Kier alpha value is -3.42. The molecule has 0 radical (unpaired) electrons. The summed E-state index contributed by atoms with van der Waals surface area (Å²) in [4.78, 5) is 20.7. The molecular weight excluding hydrogens is 478 g/mol. The van der Waals surface area contributed by atoms with Crippen LogP contribution in [0.3, 0.4) is 0 Å². The highest BCUT2D eigenvalue weighted by molar-refractivity contribution is 7.92. The molecule has 1 aromatic carbocycles. The van der Waals surface area contributed by atoms with Gasteiger partial charge in [-0.15, -0.1) is 0 Å². The monoisotopic (exact) mass is 504 g/mol. The van der Waals surface area contributed by atoms with Crippen molar-refractivity contribution in [2.75, 3.05) is 22.8 Å². The summed E-state index contributed by atoms with van der Waals surface area (Å²) < 4.78 is 64.3. The van der Waals surface area contributed by atoms with Gasteiger partial charge in [0.25, 0.3) is 16.0 Å². The van der Waals surface area contributed by atoms with Gasteiger partial charge in [-0.2, -0.15) is 13.9 Å². The van der Waals surface area contributed by atoms with Gasteiger partial charge in [0.2, 0.25) is 0 Å². The number of carbonyl (C=O) groups is 2. The molecule has 0 saturated heterocycles. The smallest absolute Gasteiger partial charge is 0.412 e. The van der Waals surface area contributed by atoms with Gasteiger partial charge in [-0.3, -0.25) is 14.4 Å². The molecule has 0 saturated carbocycles. The van der Waals surface area contributed by atoms with Crippen LogP contribution in [0.5, 0.6) is 5.75 Å². The van der Waals surface area contributed by atoms with Crippen LogP contribution in [0.1, 0.15) is 39.9 Å². The van der Waals surface area contributed by atoms with E-state index in [9.17, 15) is 22.0 Å². The van der Waals surface area contributed by atoms with Gasteiger partial charge < -0.3 is 14.6 Å². The number of ether oxygens (including phenoxy) is 2. The van der Waals surface area contributed by atoms with Crippen molar-refractivity contribution in [3.05, 3.63) is 30.1 Å². The predicted octanol–water partition coefficient (Wildman–Crippen LogP) is 3.61. The van der Waals surface area contributed by atoms with E-state index >= 15 is 0 Å². The molecule has 0 aliphatic carbocycles. The van der Waals surface area contributed by atoms with E-state index in [1.165, 1.54) is 19.1 Å². The molecule has 0 bridgehead atoms. The third-order valence-electron chi connectivity index (χ3n) is 4.06. The van der Waals surface area contributed by atoms with E-state index < -0.39 is 34.2 Å². The Morgan fingerprint density at radius 1 is 1.29 bits per heavy atom. The molecule has 2 aromatic rings. The van der Waals surface area contributed by atoms with E-state index in [0.29, 0.717) is 4.68 Å². The first kappa shape index (κ1) is 26.8. The zero-order valence-electron chi connectivity index (χ0n) is 19.2. The maximum Gasteiger partial charge on any atom is 0.412 e. The summed E-state index contributed by atoms with van der Waals surface area (Å²) in [6.07, 6.45) is 0.0930. The average molecular weight is 505 g/mol. The van der Waals surface area contributed by atoms with Crippen molar-refractivity contribution >= 4 is 33.5 Å². The molecule has 1 aromatic heterocycles. The normalized spacial score (nSPS) is 13.4. The summed E-state index contributed by atoms with van der Waals surface area (Å²) in [6, 6.07) is 4.47. The summed E-state index contributed by atoms with van der Waals surface area (Å²) in [6.45, 7) is 4.64. The summed E-state index contributed by atoms with van der Waals surface area (Å²) >= 11 is 0. The van der Waals surface area contributed by atoms with Gasteiger partial charge >= 0.3 is 12.6 Å². The molecule has 2 heterocycles. The first-order valence-electron chi connectivity index (χ1n) is 9.95. The molecule has 0 spiro atoms. The summed E-state index contributed by atoms with van der Waals surface area (Å²) in [7, 11) is -4.20. The molecule has 0 atom stereocenters. The van der Waals surface area contributed by atoms with Crippen LogP contribution >= 0.6 is 0 Å². The third-order valence-corrected chi connectivity index (χ3v) is 5.98. The van der Waals surface area contributed by atoms with Gasteiger partial charge in [0.15, 0.2) is 0 Å². The maximum absolute atomic E-state index is 13.2. The number of fused-ring (bicyclic) bond motifs is 1.